The van der Waals surface area contributed by atoms with Gasteiger partial charge in [0.1, 0.15) is 12.4 Å². The van der Waals surface area contributed by atoms with Crippen molar-refractivity contribution in [3.05, 3.63) is 48.5 Å². The Hall–Kier alpha value is -2.18. The Morgan fingerprint density at radius 2 is 1.94 bits per heavy atom. The molecule has 1 fully saturated rings. The molecule has 0 unspecified atom stereocenters. The number of nitrogens with one attached hydrogen (secondary N) is 1. The Morgan fingerprint density at radius 3 is 2.59 bits per heavy atom. The van der Waals surface area contributed by atoms with E-state index in [1.54, 1.807) is 35.2 Å². The molecule has 9 nitrogen and oxygen atoms in total. The Morgan fingerprint density at radius 1 is 1.24 bits per heavy atom. The van der Waals surface area contributed by atoms with Crippen molar-refractivity contribution >= 4 is 47.1 Å². The molecule has 3 heterocycles. The highest BCUT2D eigenvalue weighted by atomic mass is 79.9. The molecule has 0 spiro atoms. The van der Waals surface area contributed by atoms with Crippen LogP contribution in [0.4, 0.5) is 5.82 Å². The molecule has 0 radical (unpaired) electrons. The number of rotatable bonds is 6. The van der Waals surface area contributed by atoms with E-state index < -0.39 is 20.6 Å². The van der Waals surface area contributed by atoms with Crippen LogP contribution in [0, 0.1) is 0 Å². The summed E-state index contributed by atoms with van der Waals surface area (Å²) in [4.78, 5) is 25.6. The minimum absolute atomic E-state index is 0.00433. The van der Waals surface area contributed by atoms with Crippen molar-refractivity contribution < 1.29 is 19.1 Å². The third kappa shape index (κ3) is 4.67. The number of aliphatic hydroxyl groups is 1. The predicted molar refractivity (Wildman–Crippen MR) is 135 cm³/mol. The average Bonchev–Trinajstić information content (AvgIpc) is 3.35. The number of aromatic nitrogens is 4. The van der Waals surface area contributed by atoms with Crippen molar-refractivity contribution in [2.75, 3.05) is 11.9 Å². The maximum atomic E-state index is 12.7. The number of anilines is 1. The molecular weight excluding hydrogens is 518 g/mol. The molecule has 2 N–H and O–H groups in total. The van der Waals surface area contributed by atoms with Crippen LogP contribution in [0.15, 0.2) is 43.0 Å². The van der Waals surface area contributed by atoms with Crippen molar-refractivity contribution in [3.8, 4) is 0 Å². The Balaban J connectivity index is 1.68. The first kappa shape index (κ1) is 24.9. The van der Waals surface area contributed by atoms with E-state index in [4.69, 9.17) is 9.16 Å². The number of fused-ring (bicyclic) bond motifs is 1. The lowest BCUT2D eigenvalue weighted by Crippen LogP contribution is -2.47. The quantitative estimate of drug-likeness (QED) is 0.352. The Bertz CT molecular complexity index is 1170. The largest absolute Gasteiger partial charge is 0.408 e. The first-order valence-electron chi connectivity index (χ1n) is 11.2. The Kier molecular flexibility index (Phi) is 6.94. The van der Waals surface area contributed by atoms with Crippen LogP contribution in [0.5, 0.6) is 0 Å². The summed E-state index contributed by atoms with van der Waals surface area (Å²) in [5.74, 6) is 0.0267. The molecular formula is C23H30BrN5O4Si. The lowest BCUT2D eigenvalue weighted by molar-refractivity contribution is -0.0458. The van der Waals surface area contributed by atoms with E-state index >= 15 is 0 Å². The number of alkyl halides is 1. The second-order valence-corrected chi connectivity index (χ2v) is 15.7. The summed E-state index contributed by atoms with van der Waals surface area (Å²) in [6.45, 7) is 10.8. The van der Waals surface area contributed by atoms with Crippen LogP contribution in [0.25, 0.3) is 11.2 Å². The van der Waals surface area contributed by atoms with Gasteiger partial charge in [-0.2, -0.15) is 0 Å². The topological polar surface area (TPSA) is 111 Å². The van der Waals surface area contributed by atoms with Gasteiger partial charge in [-0.1, -0.05) is 54.9 Å². The fraction of sp³-hybridized carbons (Fsp3) is 0.478. The maximum absolute atomic E-state index is 12.7. The third-order valence-corrected chi connectivity index (χ3v) is 12.2. The molecule has 1 aromatic carbocycles. The summed E-state index contributed by atoms with van der Waals surface area (Å²) >= 11 is 3.70. The number of imidazole rings is 1. The minimum atomic E-state index is -2.16. The molecule has 0 aliphatic carbocycles. The second-order valence-electron chi connectivity index (χ2n) is 9.90. The predicted octanol–water partition coefficient (Wildman–Crippen LogP) is 4.12. The van der Waals surface area contributed by atoms with Gasteiger partial charge in [0.15, 0.2) is 31.5 Å². The van der Waals surface area contributed by atoms with Crippen LogP contribution >= 0.6 is 15.9 Å². The number of amides is 1. The second kappa shape index (κ2) is 9.46. The number of benzene rings is 1. The SMILES string of the molecule is CC(C)(C)[Si](C)(C)O[C@@H]1[C@@H](Br)[C@@H](CO)O[C@H]1n1cnc2c(NC(=O)c3ccccc3)ncnc21. The zero-order valence-electron chi connectivity index (χ0n) is 19.9. The van der Waals surface area contributed by atoms with Crippen LogP contribution in [-0.4, -0.2) is 62.5 Å². The van der Waals surface area contributed by atoms with Crippen molar-refractivity contribution in [2.45, 2.75) is 62.2 Å². The monoisotopic (exact) mass is 547 g/mol. The van der Waals surface area contributed by atoms with E-state index in [0.29, 0.717) is 22.5 Å². The molecule has 2 aromatic heterocycles. The summed E-state index contributed by atoms with van der Waals surface area (Å²) in [6, 6.07) is 8.90. The fourth-order valence-electron chi connectivity index (χ4n) is 3.61. The smallest absolute Gasteiger partial charge is 0.256 e. The van der Waals surface area contributed by atoms with E-state index in [-0.39, 0.29) is 28.5 Å². The summed E-state index contributed by atoms with van der Waals surface area (Å²) < 4.78 is 14.7. The van der Waals surface area contributed by atoms with Gasteiger partial charge in [-0.3, -0.25) is 9.36 Å². The van der Waals surface area contributed by atoms with Gasteiger partial charge < -0.3 is 19.6 Å². The lowest BCUT2D eigenvalue weighted by atomic mass is 10.2. The summed E-state index contributed by atoms with van der Waals surface area (Å²) in [7, 11) is -2.16. The van der Waals surface area contributed by atoms with Crippen LogP contribution in [0.2, 0.25) is 18.1 Å². The standard InChI is InChI=1S/C23H30BrN5O4Si/c1-23(2,3)34(4,5)33-18-16(24)15(11-30)32-22(18)29-13-27-17-19(25-12-26-20(17)29)28-21(31)14-9-7-6-8-10-14/h6-10,12-13,15-16,18,22,30H,11H2,1-5H3,(H,25,26,28,31)/t15-,16+,18-,22-/m1/s1. The zero-order chi connectivity index (χ0) is 24.7. The summed E-state index contributed by atoms with van der Waals surface area (Å²) in [6.07, 6.45) is 1.62. The van der Waals surface area contributed by atoms with Crippen LogP contribution in [0.1, 0.15) is 37.4 Å². The molecule has 11 heteroatoms. The van der Waals surface area contributed by atoms with Crippen LogP contribution in [-0.2, 0) is 9.16 Å². The molecule has 182 valence electrons. The van der Waals surface area contributed by atoms with Gasteiger partial charge in [0.25, 0.3) is 5.91 Å². The Labute approximate surface area is 208 Å². The number of halogens is 1. The van der Waals surface area contributed by atoms with Gasteiger partial charge >= 0.3 is 0 Å². The van der Waals surface area contributed by atoms with Crippen molar-refractivity contribution in [3.63, 3.8) is 0 Å². The number of aliphatic hydroxyl groups excluding tert-OH is 1. The number of ether oxygens (including phenoxy) is 1. The van der Waals surface area contributed by atoms with Gasteiger partial charge in [-0.15, -0.1) is 0 Å². The fourth-order valence-corrected chi connectivity index (χ4v) is 5.76. The zero-order valence-corrected chi connectivity index (χ0v) is 22.5. The van der Waals surface area contributed by atoms with E-state index in [2.05, 4.69) is 70.1 Å². The van der Waals surface area contributed by atoms with Gasteiger partial charge in [-0.25, -0.2) is 15.0 Å². The van der Waals surface area contributed by atoms with E-state index in [1.165, 1.54) is 6.33 Å². The molecule has 4 atom stereocenters. The number of carbonyl (C=O) groups is 1. The molecule has 3 aromatic rings. The van der Waals surface area contributed by atoms with Gasteiger partial charge in [-0.05, 0) is 30.3 Å². The van der Waals surface area contributed by atoms with Crippen molar-refractivity contribution in [2.24, 2.45) is 0 Å². The summed E-state index contributed by atoms with van der Waals surface area (Å²) in [5.41, 5.74) is 1.47. The molecule has 1 aliphatic rings. The highest BCUT2D eigenvalue weighted by Crippen LogP contribution is 2.44. The molecule has 0 bridgehead atoms. The van der Waals surface area contributed by atoms with Gasteiger partial charge in [0.05, 0.1) is 23.9 Å². The van der Waals surface area contributed by atoms with Crippen molar-refractivity contribution in [1.29, 1.82) is 0 Å². The molecule has 34 heavy (non-hydrogen) atoms. The van der Waals surface area contributed by atoms with E-state index in [1.807, 2.05) is 6.07 Å². The highest BCUT2D eigenvalue weighted by molar-refractivity contribution is 9.09. The van der Waals surface area contributed by atoms with Crippen LogP contribution < -0.4 is 5.32 Å². The maximum Gasteiger partial charge on any atom is 0.256 e. The minimum Gasteiger partial charge on any atom is -0.408 e. The molecule has 1 saturated heterocycles. The van der Waals surface area contributed by atoms with Crippen LogP contribution in [0.3, 0.4) is 0 Å². The number of carbonyl (C=O) groups excluding carboxylic acids is 1. The first-order valence-corrected chi connectivity index (χ1v) is 15.0. The molecule has 1 amide bonds. The van der Waals surface area contributed by atoms with E-state index in [0.717, 1.165) is 0 Å². The van der Waals surface area contributed by atoms with E-state index in [9.17, 15) is 9.90 Å². The molecule has 4 rings (SSSR count). The lowest BCUT2D eigenvalue weighted by Gasteiger charge is -2.40. The first-order chi connectivity index (χ1) is 16.0. The highest BCUT2D eigenvalue weighted by Gasteiger charge is 2.50. The van der Waals surface area contributed by atoms with Gasteiger partial charge in [0.2, 0.25) is 0 Å². The summed E-state index contributed by atoms with van der Waals surface area (Å²) in [5, 5.41) is 12.7. The molecule has 1 aliphatic heterocycles. The normalized spacial score (nSPS) is 23.4. The average molecular weight is 549 g/mol. The van der Waals surface area contributed by atoms with Gasteiger partial charge in [0, 0.05) is 5.56 Å². The number of hydrogen-bond acceptors (Lipinski definition) is 7. The molecule has 0 saturated carbocycles. The number of nitrogens with zero attached hydrogens (tertiary/aromatic N) is 4. The number of hydrogen-bond donors (Lipinski definition) is 2. The third-order valence-electron chi connectivity index (χ3n) is 6.58. The van der Waals surface area contributed by atoms with Crippen molar-refractivity contribution in [1.82, 2.24) is 19.5 Å².